The second kappa shape index (κ2) is 17.0. The summed E-state index contributed by atoms with van der Waals surface area (Å²) in [6, 6.07) is 3.02. The van der Waals surface area contributed by atoms with Gasteiger partial charge < -0.3 is 28.8 Å². The van der Waals surface area contributed by atoms with Gasteiger partial charge in [0, 0.05) is 42.6 Å². The highest BCUT2D eigenvalue weighted by atomic mass is 16.6. The smallest absolute Gasteiger partial charge is 0.340 e. The van der Waals surface area contributed by atoms with Gasteiger partial charge in [-0.2, -0.15) is 0 Å². The molecule has 2 aliphatic rings. The van der Waals surface area contributed by atoms with Gasteiger partial charge in [0.1, 0.15) is 17.8 Å². The summed E-state index contributed by atoms with van der Waals surface area (Å²) in [5.41, 5.74) is -3.64. The SMILES string of the molecule is C=C1[C@H](OC(=O)C(C)C)[C@@H](OC(=O)C(C)C)[C@@H](OC(=O)c2cccnc2)C(C)(C)/C=C/[C@@H](C)C(=O)[C@@]2(O)C[C@H](C)[C@H](OC(=O)CC)[C@@H]2[C@H]1OC(C)=O. The van der Waals surface area contributed by atoms with Gasteiger partial charge in [0.05, 0.1) is 23.3 Å². The van der Waals surface area contributed by atoms with E-state index in [-0.39, 0.29) is 24.0 Å². The van der Waals surface area contributed by atoms with E-state index in [1.54, 1.807) is 68.4 Å². The summed E-state index contributed by atoms with van der Waals surface area (Å²) in [5, 5.41) is 12.5. The maximum Gasteiger partial charge on any atom is 0.340 e. The summed E-state index contributed by atoms with van der Waals surface area (Å²) in [7, 11) is 0. The minimum absolute atomic E-state index is 0.0262. The number of hydrogen-bond donors (Lipinski definition) is 1. The Morgan fingerprint density at radius 2 is 1.56 bits per heavy atom. The lowest BCUT2D eigenvalue weighted by Crippen LogP contribution is -2.58. The molecule has 1 aromatic heterocycles. The van der Waals surface area contributed by atoms with Crippen LogP contribution in [0.3, 0.4) is 0 Å². The highest BCUT2D eigenvalue weighted by Gasteiger charge is 2.63. The van der Waals surface area contributed by atoms with Crippen molar-refractivity contribution in [2.45, 2.75) is 118 Å². The molecule has 0 radical (unpaired) electrons. The molecule has 9 atom stereocenters. The molecule has 286 valence electrons. The van der Waals surface area contributed by atoms with Crippen LogP contribution in [0.4, 0.5) is 0 Å². The molecule has 1 heterocycles. The Hall–Kier alpha value is -4.39. The zero-order chi connectivity index (χ0) is 39.3. The Bertz CT molecular complexity index is 1550. The average Bonchev–Trinajstić information content (AvgIpc) is 3.33. The molecule has 1 saturated carbocycles. The van der Waals surface area contributed by atoms with Crippen LogP contribution < -0.4 is 0 Å². The second-order valence-corrected chi connectivity index (χ2v) is 15.0. The van der Waals surface area contributed by atoms with Crippen LogP contribution in [0.15, 0.2) is 48.8 Å². The molecule has 1 N–H and O–H groups in total. The zero-order valence-corrected chi connectivity index (χ0v) is 31.7. The predicted molar refractivity (Wildman–Crippen MR) is 187 cm³/mol. The van der Waals surface area contributed by atoms with E-state index in [2.05, 4.69) is 11.6 Å². The number of Topliss-reactive ketones (excluding diaryl/α,β-unsaturated/α-hetero) is 1. The van der Waals surface area contributed by atoms with Gasteiger partial charge in [0.2, 0.25) is 0 Å². The van der Waals surface area contributed by atoms with E-state index in [1.165, 1.54) is 30.6 Å². The molecule has 13 heteroatoms. The summed E-state index contributed by atoms with van der Waals surface area (Å²) in [5.74, 6) is -8.95. The molecule has 2 aliphatic carbocycles. The number of fused-ring (bicyclic) bond motifs is 1. The van der Waals surface area contributed by atoms with Gasteiger partial charge in [-0.15, -0.1) is 0 Å². The molecule has 52 heavy (non-hydrogen) atoms. The van der Waals surface area contributed by atoms with Gasteiger partial charge in [-0.3, -0.25) is 29.0 Å². The summed E-state index contributed by atoms with van der Waals surface area (Å²) in [6.07, 6.45) is -1.87. The van der Waals surface area contributed by atoms with E-state index in [4.69, 9.17) is 23.7 Å². The molecule has 0 aliphatic heterocycles. The molecule has 0 spiro atoms. The molecule has 1 aromatic rings. The molecule has 0 amide bonds. The van der Waals surface area contributed by atoms with Crippen LogP contribution in [0.2, 0.25) is 0 Å². The van der Waals surface area contributed by atoms with Crippen LogP contribution in [0.25, 0.3) is 0 Å². The maximum atomic E-state index is 14.4. The Morgan fingerprint density at radius 3 is 2.10 bits per heavy atom. The van der Waals surface area contributed by atoms with Crippen molar-refractivity contribution in [1.29, 1.82) is 0 Å². The minimum Gasteiger partial charge on any atom is -0.461 e. The quantitative estimate of drug-likeness (QED) is 0.209. The van der Waals surface area contributed by atoms with Gasteiger partial charge in [-0.1, -0.05) is 81.0 Å². The van der Waals surface area contributed by atoms with Crippen molar-refractivity contribution in [3.63, 3.8) is 0 Å². The number of pyridine rings is 1. The Balaban J connectivity index is 2.46. The minimum atomic E-state index is -2.24. The lowest BCUT2D eigenvalue weighted by Gasteiger charge is -2.44. The number of aromatic nitrogens is 1. The number of carbonyl (C=O) groups is 6. The van der Waals surface area contributed by atoms with Gasteiger partial charge in [0.15, 0.2) is 24.1 Å². The van der Waals surface area contributed by atoms with Gasteiger partial charge >= 0.3 is 29.8 Å². The first-order valence-corrected chi connectivity index (χ1v) is 17.7. The monoisotopic (exact) mass is 727 g/mol. The van der Waals surface area contributed by atoms with Crippen LogP contribution in [0, 0.1) is 35.0 Å². The summed E-state index contributed by atoms with van der Waals surface area (Å²) in [6.45, 7) is 19.8. The molecule has 0 saturated heterocycles. The number of nitrogens with zero attached hydrogens (tertiary/aromatic N) is 1. The van der Waals surface area contributed by atoms with Crippen LogP contribution >= 0.6 is 0 Å². The third-order valence-electron chi connectivity index (χ3n) is 9.56. The van der Waals surface area contributed by atoms with Crippen molar-refractivity contribution >= 4 is 35.6 Å². The van der Waals surface area contributed by atoms with E-state index in [0.717, 1.165) is 6.92 Å². The fraction of sp³-hybridized carbons (Fsp3) is 0.615. The zero-order valence-electron chi connectivity index (χ0n) is 31.7. The lowest BCUT2D eigenvalue weighted by molar-refractivity contribution is -0.188. The molecular weight excluding hydrogens is 674 g/mol. The fourth-order valence-electron chi connectivity index (χ4n) is 6.65. The highest BCUT2D eigenvalue weighted by molar-refractivity contribution is 5.92. The van der Waals surface area contributed by atoms with Crippen LogP contribution in [-0.2, 0) is 47.7 Å². The Labute approximate surface area is 305 Å². The topological polar surface area (TPSA) is 182 Å². The Morgan fingerprint density at radius 1 is 0.942 bits per heavy atom. The molecule has 13 nitrogen and oxygen atoms in total. The standard InChI is InChI=1S/C39H53NO12/c1-12-27(42)49-29-23(7)18-39(47)28(29)30(48-25(9)41)24(8)31(50-35(44)20(2)3)32(51-36(45)21(4)5)34(38(10,11)16-15-22(6)33(39)43)52-37(46)26-14-13-17-40-19-26/h13-17,19-23,28-32,34,47H,8,12,18H2,1-7,9-11H3/b16-15+/t22-,23+,28-,29+,30+,31+,32-,34-,39-/m1/s1. The number of esters is 5. The number of rotatable bonds is 9. The third kappa shape index (κ3) is 9.33. The van der Waals surface area contributed by atoms with Crippen molar-refractivity contribution in [3.8, 4) is 0 Å². The maximum absolute atomic E-state index is 14.4. The van der Waals surface area contributed by atoms with Gasteiger partial charge in [-0.25, -0.2) is 4.79 Å². The molecule has 0 unspecified atom stereocenters. The third-order valence-corrected chi connectivity index (χ3v) is 9.56. The van der Waals surface area contributed by atoms with Crippen molar-refractivity contribution < 1.29 is 57.6 Å². The number of ketones is 1. The van der Waals surface area contributed by atoms with Gasteiger partial charge in [0.25, 0.3) is 0 Å². The van der Waals surface area contributed by atoms with E-state index in [1.807, 2.05) is 0 Å². The molecular formula is C39H53NO12. The highest BCUT2D eigenvalue weighted by Crippen LogP contribution is 2.49. The van der Waals surface area contributed by atoms with E-state index in [0.29, 0.717) is 0 Å². The number of aliphatic hydroxyl groups is 1. The molecule has 0 aromatic carbocycles. The number of ether oxygens (including phenoxy) is 5. The number of carbonyl (C=O) groups excluding carboxylic acids is 6. The van der Waals surface area contributed by atoms with Crippen LogP contribution in [0.1, 0.15) is 92.4 Å². The molecule has 1 fully saturated rings. The van der Waals surface area contributed by atoms with Crippen molar-refractivity contribution in [1.82, 2.24) is 4.98 Å². The normalized spacial score (nSPS) is 31.0. The average molecular weight is 728 g/mol. The van der Waals surface area contributed by atoms with Crippen molar-refractivity contribution in [3.05, 3.63) is 54.4 Å². The fourth-order valence-corrected chi connectivity index (χ4v) is 6.65. The Kier molecular flexibility index (Phi) is 13.7. The largest absolute Gasteiger partial charge is 0.461 e. The number of allylic oxidation sites excluding steroid dienone is 1. The molecule has 3 rings (SSSR count). The summed E-state index contributed by atoms with van der Waals surface area (Å²) >= 11 is 0. The first kappa shape index (κ1) is 42.0. The lowest BCUT2D eigenvalue weighted by atomic mass is 9.72. The summed E-state index contributed by atoms with van der Waals surface area (Å²) in [4.78, 5) is 84.8. The van der Waals surface area contributed by atoms with Crippen LogP contribution in [-0.4, -0.2) is 81.8 Å². The van der Waals surface area contributed by atoms with Crippen LogP contribution in [0.5, 0.6) is 0 Å². The van der Waals surface area contributed by atoms with Crippen molar-refractivity contribution in [2.75, 3.05) is 0 Å². The first-order chi connectivity index (χ1) is 24.2. The van der Waals surface area contributed by atoms with Crippen molar-refractivity contribution in [2.24, 2.45) is 35.0 Å². The van der Waals surface area contributed by atoms with E-state index >= 15 is 0 Å². The second-order valence-electron chi connectivity index (χ2n) is 15.0. The molecule has 0 bridgehead atoms. The van der Waals surface area contributed by atoms with E-state index < -0.39 is 107 Å². The first-order valence-electron chi connectivity index (χ1n) is 17.7. The predicted octanol–water partition coefficient (Wildman–Crippen LogP) is 4.74. The van der Waals surface area contributed by atoms with E-state index in [9.17, 15) is 33.9 Å². The van der Waals surface area contributed by atoms with Gasteiger partial charge in [-0.05, 0) is 24.5 Å². The summed E-state index contributed by atoms with van der Waals surface area (Å²) < 4.78 is 30.0. The number of hydrogen-bond acceptors (Lipinski definition) is 13.